The quantitative estimate of drug-likeness (QED) is 0.670. The van der Waals surface area contributed by atoms with Gasteiger partial charge in [0, 0.05) is 0 Å². The van der Waals surface area contributed by atoms with Crippen LogP contribution in [0.1, 0.15) is 42.5 Å². The van der Waals surface area contributed by atoms with Crippen LogP contribution in [0, 0.1) is 26.7 Å². The molecule has 1 rings (SSSR count). The van der Waals surface area contributed by atoms with Crippen LogP contribution in [0.5, 0.6) is 0 Å². The molecule has 1 aromatic rings. The molecule has 0 aliphatic rings. The topological polar surface area (TPSA) is 0 Å². The first-order valence-electron chi connectivity index (χ1n) is 5.61. The van der Waals surface area contributed by atoms with Crippen LogP contribution in [-0.4, -0.2) is 0 Å². The number of benzene rings is 1. The second-order valence-corrected chi connectivity index (χ2v) is 4.58. The SMILES string of the molecule is CCC(C)Cc1cc(C)c(C)cc1C. The number of aryl methyl sites for hydroxylation is 3. The molecule has 0 spiro atoms. The monoisotopic (exact) mass is 190 g/mol. The minimum atomic E-state index is 0.802. The molecule has 0 aliphatic heterocycles. The van der Waals surface area contributed by atoms with Crippen LogP contribution in [-0.2, 0) is 6.42 Å². The lowest BCUT2D eigenvalue weighted by atomic mass is 9.93. The standard InChI is InChI=1S/C14H22/c1-6-10(2)7-14-9-12(4)11(3)8-13(14)5/h8-10H,6-7H2,1-5H3. The molecule has 0 heterocycles. The van der Waals surface area contributed by atoms with Gasteiger partial charge < -0.3 is 0 Å². The van der Waals surface area contributed by atoms with Crippen molar-refractivity contribution in [1.82, 2.24) is 0 Å². The van der Waals surface area contributed by atoms with Crippen LogP contribution < -0.4 is 0 Å². The van der Waals surface area contributed by atoms with Gasteiger partial charge >= 0.3 is 0 Å². The van der Waals surface area contributed by atoms with Crippen molar-refractivity contribution in [3.63, 3.8) is 0 Å². The maximum Gasteiger partial charge on any atom is -0.0250 e. The first-order chi connectivity index (χ1) is 6.54. The van der Waals surface area contributed by atoms with Crippen molar-refractivity contribution in [2.24, 2.45) is 5.92 Å². The Labute approximate surface area is 88.4 Å². The smallest absolute Gasteiger partial charge is 0.0250 e. The van der Waals surface area contributed by atoms with Gasteiger partial charge in [-0.2, -0.15) is 0 Å². The second kappa shape index (κ2) is 4.63. The summed E-state index contributed by atoms with van der Waals surface area (Å²) in [5.41, 5.74) is 5.82. The lowest BCUT2D eigenvalue weighted by molar-refractivity contribution is 0.558. The molecule has 14 heavy (non-hydrogen) atoms. The van der Waals surface area contributed by atoms with Gasteiger partial charge in [0.2, 0.25) is 0 Å². The molecule has 0 saturated heterocycles. The summed E-state index contributed by atoms with van der Waals surface area (Å²) in [4.78, 5) is 0. The Morgan fingerprint density at radius 1 is 1.00 bits per heavy atom. The minimum absolute atomic E-state index is 0.802. The van der Waals surface area contributed by atoms with Crippen molar-refractivity contribution in [1.29, 1.82) is 0 Å². The third-order valence-electron chi connectivity index (χ3n) is 3.22. The summed E-state index contributed by atoms with van der Waals surface area (Å²) in [6.07, 6.45) is 2.50. The molecule has 0 nitrogen and oxygen atoms in total. The Morgan fingerprint density at radius 2 is 1.57 bits per heavy atom. The summed E-state index contributed by atoms with van der Waals surface area (Å²) in [5, 5.41) is 0. The van der Waals surface area contributed by atoms with Gasteiger partial charge in [0.05, 0.1) is 0 Å². The summed E-state index contributed by atoms with van der Waals surface area (Å²) < 4.78 is 0. The van der Waals surface area contributed by atoms with Crippen LogP contribution in [0.15, 0.2) is 12.1 Å². The molecule has 78 valence electrons. The number of rotatable bonds is 3. The van der Waals surface area contributed by atoms with Gasteiger partial charge in [0.25, 0.3) is 0 Å². The highest BCUT2D eigenvalue weighted by molar-refractivity contribution is 5.36. The molecule has 0 radical (unpaired) electrons. The van der Waals surface area contributed by atoms with Crippen molar-refractivity contribution in [2.75, 3.05) is 0 Å². The number of hydrogen-bond donors (Lipinski definition) is 0. The third kappa shape index (κ3) is 2.60. The van der Waals surface area contributed by atoms with E-state index in [-0.39, 0.29) is 0 Å². The van der Waals surface area contributed by atoms with Crippen LogP contribution in [0.25, 0.3) is 0 Å². The lowest BCUT2D eigenvalue weighted by Crippen LogP contribution is -2.01. The van der Waals surface area contributed by atoms with E-state index in [2.05, 4.69) is 46.8 Å². The Kier molecular flexibility index (Phi) is 3.74. The van der Waals surface area contributed by atoms with Crippen molar-refractivity contribution in [3.05, 3.63) is 34.4 Å². The molecule has 0 aliphatic carbocycles. The molecule has 0 N–H and O–H groups in total. The molecule has 1 unspecified atom stereocenters. The van der Waals surface area contributed by atoms with Crippen molar-refractivity contribution in [3.8, 4) is 0 Å². The van der Waals surface area contributed by atoms with Crippen LogP contribution in [0.4, 0.5) is 0 Å². The first-order valence-corrected chi connectivity index (χ1v) is 5.61. The zero-order chi connectivity index (χ0) is 10.7. The average Bonchev–Trinajstić information content (AvgIpc) is 2.14. The first kappa shape index (κ1) is 11.3. The highest BCUT2D eigenvalue weighted by Gasteiger charge is 2.05. The lowest BCUT2D eigenvalue weighted by Gasteiger charge is -2.13. The maximum absolute atomic E-state index is 2.36. The Balaban J connectivity index is 2.92. The summed E-state index contributed by atoms with van der Waals surface area (Å²) in [6.45, 7) is 11.2. The largest absolute Gasteiger partial charge is 0.0651 e. The van der Waals surface area contributed by atoms with E-state index in [1.807, 2.05) is 0 Å². The van der Waals surface area contributed by atoms with E-state index < -0.39 is 0 Å². The van der Waals surface area contributed by atoms with Crippen molar-refractivity contribution < 1.29 is 0 Å². The molecule has 0 saturated carbocycles. The van der Waals surface area contributed by atoms with E-state index in [0.29, 0.717) is 0 Å². The fraction of sp³-hybridized carbons (Fsp3) is 0.571. The maximum atomic E-state index is 2.36. The van der Waals surface area contributed by atoms with Gasteiger partial charge in [-0.1, -0.05) is 32.4 Å². The third-order valence-corrected chi connectivity index (χ3v) is 3.22. The average molecular weight is 190 g/mol. The van der Waals surface area contributed by atoms with E-state index in [1.54, 1.807) is 0 Å². The second-order valence-electron chi connectivity index (χ2n) is 4.58. The highest BCUT2D eigenvalue weighted by Crippen LogP contribution is 2.19. The summed E-state index contributed by atoms with van der Waals surface area (Å²) >= 11 is 0. The van der Waals surface area contributed by atoms with Crippen molar-refractivity contribution in [2.45, 2.75) is 47.5 Å². The van der Waals surface area contributed by atoms with Gasteiger partial charge in [0.1, 0.15) is 0 Å². The Bertz CT molecular complexity index is 310. The van der Waals surface area contributed by atoms with Gasteiger partial charge in [-0.05, 0) is 55.4 Å². The molecule has 0 aromatic heterocycles. The molecule has 0 heteroatoms. The molecule has 0 fully saturated rings. The van der Waals surface area contributed by atoms with Gasteiger partial charge in [0.15, 0.2) is 0 Å². The van der Waals surface area contributed by atoms with E-state index in [4.69, 9.17) is 0 Å². The fourth-order valence-electron chi connectivity index (χ4n) is 1.76. The van der Waals surface area contributed by atoms with E-state index >= 15 is 0 Å². The van der Waals surface area contributed by atoms with Gasteiger partial charge in [-0.15, -0.1) is 0 Å². The van der Waals surface area contributed by atoms with E-state index in [9.17, 15) is 0 Å². The van der Waals surface area contributed by atoms with Crippen LogP contribution in [0.3, 0.4) is 0 Å². The Morgan fingerprint density at radius 3 is 2.14 bits per heavy atom. The van der Waals surface area contributed by atoms with Crippen LogP contribution >= 0.6 is 0 Å². The molecular formula is C14H22. The zero-order valence-corrected chi connectivity index (χ0v) is 10.1. The molecule has 1 atom stereocenters. The normalized spacial score (nSPS) is 12.9. The molecule has 0 amide bonds. The minimum Gasteiger partial charge on any atom is -0.0651 e. The van der Waals surface area contributed by atoms with Crippen LogP contribution in [0.2, 0.25) is 0 Å². The summed E-state index contributed by atoms with van der Waals surface area (Å²) in [7, 11) is 0. The predicted octanol–water partition coefficient (Wildman–Crippen LogP) is 4.20. The zero-order valence-electron chi connectivity index (χ0n) is 10.1. The van der Waals surface area contributed by atoms with E-state index in [0.717, 1.165) is 5.92 Å². The summed E-state index contributed by atoms with van der Waals surface area (Å²) in [5.74, 6) is 0.802. The fourth-order valence-corrected chi connectivity index (χ4v) is 1.76. The Hall–Kier alpha value is -0.780. The van der Waals surface area contributed by atoms with Gasteiger partial charge in [-0.25, -0.2) is 0 Å². The molecular weight excluding hydrogens is 168 g/mol. The van der Waals surface area contributed by atoms with E-state index in [1.165, 1.54) is 35.1 Å². The van der Waals surface area contributed by atoms with Gasteiger partial charge in [-0.3, -0.25) is 0 Å². The predicted molar refractivity (Wildman–Crippen MR) is 63.8 cm³/mol. The highest BCUT2D eigenvalue weighted by atomic mass is 14.1. The summed E-state index contributed by atoms with van der Waals surface area (Å²) in [6, 6.07) is 4.67. The number of hydrogen-bond acceptors (Lipinski definition) is 0. The molecule has 1 aromatic carbocycles. The molecule has 0 bridgehead atoms. The van der Waals surface area contributed by atoms with Crippen molar-refractivity contribution >= 4 is 0 Å².